The highest BCUT2D eigenvalue weighted by Crippen LogP contribution is 2.31. The van der Waals surface area contributed by atoms with Crippen molar-refractivity contribution >= 4 is 11.6 Å². The Morgan fingerprint density at radius 3 is 2.14 bits per heavy atom. The number of hydrogen-bond acceptors (Lipinski definition) is 2. The minimum Gasteiger partial charge on any atom is -0.495 e. The molecule has 3 rings (SSSR count). The van der Waals surface area contributed by atoms with Crippen LogP contribution in [0.25, 0.3) is 11.1 Å². The van der Waals surface area contributed by atoms with Crippen LogP contribution in [0.3, 0.4) is 0 Å². The molecule has 3 aromatic carbocycles. The lowest BCUT2D eigenvalue weighted by Crippen LogP contribution is -2.17. The lowest BCUT2D eigenvalue weighted by atomic mass is 9.87. The predicted molar refractivity (Wildman–Crippen MR) is 116 cm³/mol. The molecule has 0 saturated heterocycles. The smallest absolute Gasteiger partial charge is 0.228 e. The Balaban J connectivity index is 1.72. The molecule has 0 saturated carbocycles. The van der Waals surface area contributed by atoms with E-state index in [0.29, 0.717) is 17.9 Å². The lowest BCUT2D eigenvalue weighted by molar-refractivity contribution is -0.115. The quantitative estimate of drug-likeness (QED) is 0.610. The van der Waals surface area contributed by atoms with Crippen molar-refractivity contribution in [2.24, 2.45) is 0 Å². The molecule has 3 aromatic rings. The molecular formula is C25H27NO2. The van der Waals surface area contributed by atoms with Gasteiger partial charge >= 0.3 is 0 Å². The standard InChI is InChI=1S/C25H27NO2/c1-25(2,3)21-14-15-23(28-4)22(17-21)26-24(27)16-18-10-12-20(13-11-18)19-8-6-5-7-9-19/h5-15,17H,16H2,1-4H3,(H,26,27). The van der Waals surface area contributed by atoms with Gasteiger partial charge in [0, 0.05) is 0 Å². The molecule has 0 heterocycles. The number of anilines is 1. The summed E-state index contributed by atoms with van der Waals surface area (Å²) in [5.74, 6) is 0.609. The highest BCUT2D eigenvalue weighted by molar-refractivity contribution is 5.94. The van der Waals surface area contributed by atoms with Gasteiger partial charge in [-0.05, 0) is 39.8 Å². The van der Waals surface area contributed by atoms with Gasteiger partial charge in [-0.25, -0.2) is 0 Å². The van der Waals surface area contributed by atoms with Crippen LogP contribution >= 0.6 is 0 Å². The Kier molecular flexibility index (Phi) is 5.84. The number of benzene rings is 3. The molecule has 0 aromatic heterocycles. The zero-order valence-electron chi connectivity index (χ0n) is 17.0. The van der Waals surface area contributed by atoms with E-state index in [1.165, 1.54) is 5.56 Å². The van der Waals surface area contributed by atoms with Crippen molar-refractivity contribution in [2.45, 2.75) is 32.6 Å². The van der Waals surface area contributed by atoms with Gasteiger partial charge < -0.3 is 10.1 Å². The van der Waals surface area contributed by atoms with Gasteiger partial charge in [0.15, 0.2) is 0 Å². The van der Waals surface area contributed by atoms with Crippen molar-refractivity contribution in [3.63, 3.8) is 0 Å². The first-order valence-electron chi connectivity index (χ1n) is 9.49. The Morgan fingerprint density at radius 2 is 1.54 bits per heavy atom. The zero-order valence-corrected chi connectivity index (χ0v) is 17.0. The Bertz CT molecular complexity index is 939. The van der Waals surface area contributed by atoms with Crippen LogP contribution in [0.15, 0.2) is 72.8 Å². The molecule has 0 unspecified atom stereocenters. The first-order valence-corrected chi connectivity index (χ1v) is 9.49. The number of hydrogen-bond donors (Lipinski definition) is 1. The summed E-state index contributed by atoms with van der Waals surface area (Å²) in [5.41, 5.74) is 5.14. The number of ether oxygens (including phenoxy) is 1. The van der Waals surface area contributed by atoms with Crippen molar-refractivity contribution in [3.8, 4) is 16.9 Å². The third kappa shape index (κ3) is 4.80. The third-order valence-corrected chi connectivity index (χ3v) is 4.77. The van der Waals surface area contributed by atoms with Crippen LogP contribution < -0.4 is 10.1 Å². The number of amides is 1. The summed E-state index contributed by atoms with van der Waals surface area (Å²) in [6.45, 7) is 6.44. The van der Waals surface area contributed by atoms with Gasteiger partial charge in [-0.15, -0.1) is 0 Å². The minimum atomic E-state index is -0.0585. The summed E-state index contributed by atoms with van der Waals surface area (Å²) in [7, 11) is 1.62. The van der Waals surface area contributed by atoms with Crippen molar-refractivity contribution < 1.29 is 9.53 Å². The highest BCUT2D eigenvalue weighted by Gasteiger charge is 2.17. The number of rotatable bonds is 5. The van der Waals surface area contributed by atoms with E-state index < -0.39 is 0 Å². The summed E-state index contributed by atoms with van der Waals surface area (Å²) < 4.78 is 5.41. The second kappa shape index (κ2) is 8.30. The van der Waals surface area contributed by atoms with Gasteiger partial charge in [-0.3, -0.25) is 4.79 Å². The molecule has 0 spiro atoms. The maximum absolute atomic E-state index is 12.6. The van der Waals surface area contributed by atoms with Crippen molar-refractivity contribution in [1.82, 2.24) is 0 Å². The van der Waals surface area contributed by atoms with Crippen LogP contribution in [0.1, 0.15) is 31.9 Å². The second-order valence-corrected chi connectivity index (χ2v) is 7.95. The Labute approximate surface area is 167 Å². The third-order valence-electron chi connectivity index (χ3n) is 4.77. The van der Waals surface area contributed by atoms with Gasteiger partial charge in [-0.2, -0.15) is 0 Å². The molecule has 28 heavy (non-hydrogen) atoms. The second-order valence-electron chi connectivity index (χ2n) is 7.95. The van der Waals surface area contributed by atoms with Crippen LogP contribution in [0, 0.1) is 0 Å². The highest BCUT2D eigenvalue weighted by atomic mass is 16.5. The molecule has 0 bridgehead atoms. The molecule has 3 nitrogen and oxygen atoms in total. The molecule has 0 radical (unpaired) electrons. The van der Waals surface area contributed by atoms with Gasteiger partial charge in [0.2, 0.25) is 5.91 Å². The summed E-state index contributed by atoms with van der Waals surface area (Å²) in [4.78, 5) is 12.6. The first-order chi connectivity index (χ1) is 13.4. The lowest BCUT2D eigenvalue weighted by Gasteiger charge is -2.21. The molecule has 0 aliphatic heterocycles. The van der Waals surface area contributed by atoms with E-state index in [0.717, 1.165) is 16.7 Å². The van der Waals surface area contributed by atoms with Gasteiger partial charge in [0.05, 0.1) is 19.2 Å². The SMILES string of the molecule is COc1ccc(C(C)(C)C)cc1NC(=O)Cc1ccc(-c2ccccc2)cc1. The fraction of sp³-hybridized carbons (Fsp3) is 0.240. The average Bonchev–Trinajstić information content (AvgIpc) is 2.68. The van der Waals surface area contributed by atoms with Gasteiger partial charge in [-0.1, -0.05) is 81.4 Å². The van der Waals surface area contributed by atoms with E-state index >= 15 is 0 Å². The monoisotopic (exact) mass is 373 g/mol. The summed E-state index contributed by atoms with van der Waals surface area (Å²) in [5, 5.41) is 3.00. The molecule has 1 amide bonds. The Morgan fingerprint density at radius 1 is 0.893 bits per heavy atom. The van der Waals surface area contributed by atoms with Crippen molar-refractivity contribution in [1.29, 1.82) is 0 Å². The number of nitrogens with one attached hydrogen (secondary N) is 1. The van der Waals surface area contributed by atoms with Crippen LogP contribution in [-0.2, 0) is 16.6 Å². The van der Waals surface area contributed by atoms with E-state index in [-0.39, 0.29) is 11.3 Å². The molecule has 0 aliphatic carbocycles. The van der Waals surface area contributed by atoms with Crippen LogP contribution in [-0.4, -0.2) is 13.0 Å². The van der Waals surface area contributed by atoms with E-state index in [2.05, 4.69) is 50.4 Å². The zero-order chi connectivity index (χ0) is 20.1. The topological polar surface area (TPSA) is 38.3 Å². The molecule has 0 aliphatic rings. The fourth-order valence-electron chi connectivity index (χ4n) is 3.10. The van der Waals surface area contributed by atoms with Crippen molar-refractivity contribution in [2.75, 3.05) is 12.4 Å². The van der Waals surface area contributed by atoms with E-state index in [9.17, 15) is 4.79 Å². The molecule has 0 atom stereocenters. The summed E-state index contributed by atoms with van der Waals surface area (Å²) in [6, 6.07) is 24.3. The summed E-state index contributed by atoms with van der Waals surface area (Å²) in [6.07, 6.45) is 0.317. The van der Waals surface area contributed by atoms with Crippen LogP contribution in [0.5, 0.6) is 5.75 Å². The normalized spacial score (nSPS) is 11.1. The van der Waals surface area contributed by atoms with E-state index in [1.807, 2.05) is 48.5 Å². The number of methoxy groups -OCH3 is 1. The maximum atomic E-state index is 12.6. The molecular weight excluding hydrogens is 346 g/mol. The van der Waals surface area contributed by atoms with Gasteiger partial charge in [0.1, 0.15) is 5.75 Å². The Hall–Kier alpha value is -3.07. The largest absolute Gasteiger partial charge is 0.495 e. The average molecular weight is 373 g/mol. The minimum absolute atomic E-state index is 0.000974. The fourth-order valence-corrected chi connectivity index (χ4v) is 3.10. The molecule has 0 fully saturated rings. The van der Waals surface area contributed by atoms with Crippen LogP contribution in [0.2, 0.25) is 0 Å². The van der Waals surface area contributed by atoms with Gasteiger partial charge in [0.25, 0.3) is 0 Å². The van der Waals surface area contributed by atoms with Crippen molar-refractivity contribution in [3.05, 3.63) is 83.9 Å². The number of carbonyl (C=O) groups is 1. The first kappa shape index (κ1) is 19.7. The maximum Gasteiger partial charge on any atom is 0.228 e. The van der Waals surface area contributed by atoms with Crippen LogP contribution in [0.4, 0.5) is 5.69 Å². The molecule has 3 heteroatoms. The summed E-state index contributed by atoms with van der Waals surface area (Å²) >= 11 is 0. The number of carbonyl (C=O) groups excluding carboxylic acids is 1. The molecule has 144 valence electrons. The molecule has 1 N–H and O–H groups in total. The van der Waals surface area contributed by atoms with E-state index in [4.69, 9.17) is 4.74 Å². The van der Waals surface area contributed by atoms with E-state index in [1.54, 1.807) is 7.11 Å². The predicted octanol–water partition coefficient (Wildman–Crippen LogP) is 5.84.